The molecule has 1 nitrogen and oxygen atoms in total. The lowest BCUT2D eigenvalue weighted by Crippen LogP contribution is -2.12. The summed E-state index contributed by atoms with van der Waals surface area (Å²) in [6, 6.07) is 0. The summed E-state index contributed by atoms with van der Waals surface area (Å²) < 4.78 is 0. The van der Waals surface area contributed by atoms with Crippen molar-refractivity contribution in [2.75, 3.05) is 0 Å². The lowest BCUT2D eigenvalue weighted by atomic mass is 9.69. The number of aliphatic hydroxyl groups excluding tert-OH is 1. The minimum atomic E-state index is 0.122. The van der Waals surface area contributed by atoms with Crippen molar-refractivity contribution in [1.29, 1.82) is 0 Å². The van der Waals surface area contributed by atoms with Crippen molar-refractivity contribution in [3.63, 3.8) is 0 Å². The highest BCUT2D eigenvalue weighted by Crippen LogP contribution is 2.34. The Hall–Kier alpha value is 0.565. The van der Waals surface area contributed by atoms with E-state index >= 15 is 0 Å². The molecule has 2 unspecified atom stereocenters. The average Bonchev–Trinajstić information content (AvgIpc) is 2.18. The zero-order valence-electron chi connectivity index (χ0n) is 7.93. The van der Waals surface area contributed by atoms with Crippen molar-refractivity contribution in [3.8, 4) is 0 Å². The van der Waals surface area contributed by atoms with Crippen molar-refractivity contribution >= 4 is 39.1 Å². The zero-order valence-corrected chi connectivity index (χ0v) is 11.1. The summed E-state index contributed by atoms with van der Waals surface area (Å²) >= 11 is 7.16. The van der Waals surface area contributed by atoms with Crippen LogP contribution >= 0.6 is 31.9 Å². The highest BCUT2D eigenvalue weighted by atomic mass is 79.9. The normalized spacial score (nSPS) is 35.8. The van der Waals surface area contributed by atoms with E-state index in [0.29, 0.717) is 16.5 Å². The summed E-state index contributed by atoms with van der Waals surface area (Å²) in [5.41, 5.74) is 1.06. The van der Waals surface area contributed by atoms with Crippen LogP contribution in [0.15, 0.2) is 11.2 Å². The number of alkyl halides is 2. The Kier molecular flexibility index (Phi) is 4.37. The van der Waals surface area contributed by atoms with Crippen LogP contribution in [0.5, 0.6) is 0 Å². The highest BCUT2D eigenvalue weighted by Gasteiger charge is 2.26. The van der Waals surface area contributed by atoms with Gasteiger partial charge in [-0.25, -0.2) is 0 Å². The second kappa shape index (κ2) is 4.88. The van der Waals surface area contributed by atoms with Crippen LogP contribution in [0.2, 0.25) is 6.82 Å². The fourth-order valence-corrected chi connectivity index (χ4v) is 3.02. The van der Waals surface area contributed by atoms with Crippen LogP contribution in [0.3, 0.4) is 0 Å². The summed E-state index contributed by atoms with van der Waals surface area (Å²) in [5, 5.41) is 9.83. The van der Waals surface area contributed by atoms with Gasteiger partial charge >= 0.3 is 0 Å². The van der Waals surface area contributed by atoms with E-state index in [1.807, 2.05) is 14.1 Å². The summed E-state index contributed by atoms with van der Waals surface area (Å²) in [7, 11) is 2.00. The van der Waals surface area contributed by atoms with E-state index in [1.165, 1.54) is 0 Å². The molecule has 3 atom stereocenters. The maximum atomic E-state index is 9.83. The van der Waals surface area contributed by atoms with Crippen molar-refractivity contribution in [2.24, 2.45) is 5.92 Å². The second-order valence-electron chi connectivity index (χ2n) is 3.60. The van der Waals surface area contributed by atoms with Crippen LogP contribution < -0.4 is 0 Å². The monoisotopic (exact) mass is 307 g/mol. The van der Waals surface area contributed by atoms with Gasteiger partial charge in [-0.05, 0) is 18.8 Å². The fourth-order valence-electron chi connectivity index (χ4n) is 1.57. The molecule has 0 aromatic rings. The number of halogens is 2. The van der Waals surface area contributed by atoms with Gasteiger partial charge in [0.05, 0.1) is 10.6 Å². The van der Waals surface area contributed by atoms with Gasteiger partial charge in [-0.1, -0.05) is 51.1 Å². The summed E-state index contributed by atoms with van der Waals surface area (Å²) in [6.07, 6.45) is 1.91. The molecule has 0 aromatic carbocycles. The smallest absolute Gasteiger partial charge is 0.147 e. The van der Waals surface area contributed by atoms with Gasteiger partial charge in [-0.15, -0.1) is 0 Å². The van der Waals surface area contributed by atoms with Gasteiger partial charge in [0.2, 0.25) is 0 Å². The van der Waals surface area contributed by atoms with E-state index in [0.717, 1.165) is 18.3 Å². The Morgan fingerprint density at radius 1 is 1.46 bits per heavy atom. The van der Waals surface area contributed by atoms with Gasteiger partial charge < -0.3 is 5.11 Å². The molecule has 0 amide bonds. The van der Waals surface area contributed by atoms with Gasteiger partial charge in [-0.2, -0.15) is 0 Å². The Morgan fingerprint density at radius 3 is 2.62 bits per heavy atom. The molecule has 1 radical (unpaired) electrons. The molecule has 0 bridgehead atoms. The Morgan fingerprint density at radius 2 is 2.08 bits per heavy atom. The molecule has 0 aliphatic heterocycles. The summed E-state index contributed by atoms with van der Waals surface area (Å²) in [4.78, 5) is 0.597. The molecule has 0 saturated carbocycles. The highest BCUT2D eigenvalue weighted by molar-refractivity contribution is 9.10. The molecule has 1 rings (SSSR count). The zero-order chi connectivity index (χ0) is 10.0. The third-order valence-electron chi connectivity index (χ3n) is 2.59. The predicted molar refractivity (Wildman–Crippen MR) is 65.1 cm³/mol. The van der Waals surface area contributed by atoms with E-state index in [2.05, 4.69) is 38.8 Å². The Balaban J connectivity index is 2.85. The number of hydrogen-bond donors (Lipinski definition) is 1. The largest absolute Gasteiger partial charge is 0.512 e. The lowest BCUT2D eigenvalue weighted by Gasteiger charge is -2.15. The second-order valence-corrected chi connectivity index (χ2v) is 5.88. The maximum Gasteiger partial charge on any atom is 0.147 e. The maximum absolute atomic E-state index is 9.83. The van der Waals surface area contributed by atoms with Crippen molar-refractivity contribution in [3.05, 3.63) is 11.2 Å². The summed E-state index contributed by atoms with van der Waals surface area (Å²) in [6.45, 7) is 4.18. The van der Waals surface area contributed by atoms with Crippen LogP contribution in [0.25, 0.3) is 0 Å². The van der Waals surface area contributed by atoms with Gasteiger partial charge in [0.15, 0.2) is 0 Å². The van der Waals surface area contributed by atoms with E-state index in [-0.39, 0.29) is 4.83 Å². The topological polar surface area (TPSA) is 20.2 Å². The molecule has 0 saturated heterocycles. The molecule has 4 heteroatoms. The molecule has 1 N–H and O–H groups in total. The van der Waals surface area contributed by atoms with Crippen molar-refractivity contribution in [2.45, 2.75) is 36.2 Å². The molecule has 73 valence electrons. The van der Waals surface area contributed by atoms with Crippen LogP contribution in [0.1, 0.15) is 19.8 Å². The third-order valence-corrected chi connectivity index (χ3v) is 4.62. The van der Waals surface area contributed by atoms with Crippen LogP contribution in [-0.2, 0) is 0 Å². The average molecular weight is 309 g/mol. The quantitative estimate of drug-likeness (QED) is 0.581. The van der Waals surface area contributed by atoms with E-state index in [4.69, 9.17) is 0 Å². The Bertz CT molecular complexity index is 218. The van der Waals surface area contributed by atoms with E-state index in [9.17, 15) is 5.11 Å². The standard InChI is InChI=1S/C9H14BBr2O/c1-5-3-8(12)9(13)6(10-2)4-7(5)11/h5,7-8,13H,3-4H2,1-2H3/t5-,7?,8?/m1/s1. The molecule has 13 heavy (non-hydrogen) atoms. The minimum absolute atomic E-state index is 0.122. The van der Waals surface area contributed by atoms with Crippen LogP contribution in [-0.4, -0.2) is 22.0 Å². The van der Waals surface area contributed by atoms with Crippen molar-refractivity contribution in [1.82, 2.24) is 0 Å². The first kappa shape index (κ1) is 11.6. The molecule has 0 heterocycles. The molecular formula is C9H14BBr2O. The van der Waals surface area contributed by atoms with E-state index < -0.39 is 0 Å². The Labute approximate surface area is 97.5 Å². The summed E-state index contributed by atoms with van der Waals surface area (Å²) in [5.74, 6) is 1.10. The number of rotatable bonds is 1. The van der Waals surface area contributed by atoms with Crippen molar-refractivity contribution < 1.29 is 5.11 Å². The first-order valence-corrected chi connectivity index (χ1v) is 6.39. The molecule has 1 aliphatic carbocycles. The first-order chi connectivity index (χ1) is 6.06. The van der Waals surface area contributed by atoms with E-state index in [1.54, 1.807) is 0 Å². The van der Waals surface area contributed by atoms with Gasteiger partial charge in [-0.3, -0.25) is 0 Å². The third kappa shape index (κ3) is 2.75. The van der Waals surface area contributed by atoms with Gasteiger partial charge in [0.25, 0.3) is 0 Å². The molecular weight excluding hydrogens is 295 g/mol. The molecule has 0 aromatic heterocycles. The van der Waals surface area contributed by atoms with Gasteiger partial charge in [0.1, 0.15) is 7.28 Å². The molecule has 1 aliphatic rings. The molecule has 0 fully saturated rings. The first-order valence-electron chi connectivity index (χ1n) is 4.55. The van der Waals surface area contributed by atoms with Crippen LogP contribution in [0.4, 0.5) is 0 Å². The minimum Gasteiger partial charge on any atom is -0.512 e. The van der Waals surface area contributed by atoms with Gasteiger partial charge in [0, 0.05) is 4.83 Å². The SMILES string of the molecule is C[B]C1=C(O)C(Br)C[C@@H](C)C(Br)C1. The predicted octanol–water partition coefficient (Wildman–Crippen LogP) is 3.47. The number of hydrogen-bond acceptors (Lipinski definition) is 1. The molecule has 0 spiro atoms. The number of aliphatic hydroxyl groups is 1. The lowest BCUT2D eigenvalue weighted by molar-refractivity contribution is 0.382. The number of allylic oxidation sites excluding steroid dienone is 2. The fraction of sp³-hybridized carbons (Fsp3) is 0.778. The van der Waals surface area contributed by atoms with Crippen LogP contribution in [0, 0.1) is 5.92 Å².